The maximum absolute atomic E-state index is 13.1. The summed E-state index contributed by atoms with van der Waals surface area (Å²) >= 11 is 1.36. The number of amides is 1. The van der Waals surface area contributed by atoms with Crippen LogP contribution in [-0.4, -0.2) is 65.0 Å². The molecule has 3 aromatic rings. The van der Waals surface area contributed by atoms with Crippen LogP contribution >= 0.6 is 11.3 Å². The molecule has 2 saturated heterocycles. The number of nitrogens with zero attached hydrogens (tertiary/aromatic N) is 4. The number of benzene rings is 1. The molecule has 1 atom stereocenters. The van der Waals surface area contributed by atoms with E-state index in [1.54, 1.807) is 17.8 Å². The summed E-state index contributed by atoms with van der Waals surface area (Å²) in [5.41, 5.74) is 3.12. The topological polar surface area (TPSA) is 58.6 Å². The Morgan fingerprint density at radius 3 is 2.49 bits per heavy atom. The van der Waals surface area contributed by atoms with Crippen molar-refractivity contribution in [2.45, 2.75) is 33.6 Å². The van der Waals surface area contributed by atoms with E-state index in [1.165, 1.54) is 23.5 Å². The zero-order valence-corrected chi connectivity index (χ0v) is 23.2. The number of ether oxygens (including phenoxy) is 1. The van der Waals surface area contributed by atoms with Gasteiger partial charge < -0.3 is 14.5 Å². The van der Waals surface area contributed by atoms with E-state index in [-0.39, 0.29) is 29.3 Å². The molecule has 6 nitrogen and oxygen atoms in total. The zero-order valence-electron chi connectivity index (χ0n) is 22.4. The van der Waals surface area contributed by atoms with Crippen molar-refractivity contribution >= 4 is 17.2 Å². The Morgan fingerprint density at radius 2 is 1.85 bits per heavy atom. The molecule has 2 fully saturated rings. The Morgan fingerprint density at radius 1 is 1.10 bits per heavy atom. The lowest BCUT2D eigenvalue weighted by molar-refractivity contribution is -0.137. The van der Waals surface area contributed by atoms with Gasteiger partial charge in [0.2, 0.25) is 0 Å². The zero-order chi connectivity index (χ0) is 27.8. The van der Waals surface area contributed by atoms with Crippen molar-refractivity contribution in [3.63, 3.8) is 0 Å². The van der Waals surface area contributed by atoms with Crippen molar-refractivity contribution in [2.75, 3.05) is 39.3 Å². The van der Waals surface area contributed by atoms with E-state index in [0.29, 0.717) is 41.5 Å². The van der Waals surface area contributed by atoms with Gasteiger partial charge in [-0.3, -0.25) is 14.8 Å². The molecule has 4 heterocycles. The molecule has 0 aliphatic carbocycles. The summed E-state index contributed by atoms with van der Waals surface area (Å²) in [5, 5.41) is 0. The standard InChI is InChI=1S/C29H33F3N4O2S/c1-27(2,3)15-35-16-28(17-35)18-36(26(37)25-11-33-19-39-25)12-22(28)13-38-14-23-5-4-6-24(34-23)20-7-9-21(10-8-20)29(30,31)32/h4-11,19,22H,12-18H2,1-3H3/t22-/m0/s1. The van der Waals surface area contributed by atoms with Gasteiger partial charge >= 0.3 is 6.18 Å². The second kappa shape index (κ2) is 10.6. The van der Waals surface area contributed by atoms with Crippen molar-refractivity contribution in [2.24, 2.45) is 16.7 Å². The molecular formula is C29H33F3N4O2S. The minimum Gasteiger partial charge on any atom is -0.375 e. The van der Waals surface area contributed by atoms with Crippen LogP contribution in [0.1, 0.15) is 41.7 Å². The average molecular weight is 559 g/mol. The number of pyridine rings is 1. The number of rotatable bonds is 7. The van der Waals surface area contributed by atoms with Crippen molar-refractivity contribution in [3.05, 3.63) is 70.3 Å². The third-order valence-electron chi connectivity index (χ3n) is 7.40. The van der Waals surface area contributed by atoms with Crippen molar-refractivity contribution in [1.82, 2.24) is 19.8 Å². The number of halogens is 3. The fraction of sp³-hybridized carbons (Fsp3) is 0.483. The predicted octanol–water partition coefficient (Wildman–Crippen LogP) is 5.86. The summed E-state index contributed by atoms with van der Waals surface area (Å²) in [5.74, 6) is 0.225. The van der Waals surface area contributed by atoms with Crippen LogP contribution in [0.2, 0.25) is 0 Å². The fourth-order valence-electron chi connectivity index (χ4n) is 5.74. The summed E-state index contributed by atoms with van der Waals surface area (Å²) in [6, 6.07) is 10.5. The molecule has 10 heteroatoms. The lowest BCUT2D eigenvalue weighted by Gasteiger charge is -2.52. The van der Waals surface area contributed by atoms with Gasteiger partial charge in [-0.25, -0.2) is 0 Å². The van der Waals surface area contributed by atoms with Gasteiger partial charge in [-0.1, -0.05) is 39.0 Å². The van der Waals surface area contributed by atoms with Gasteiger partial charge in [0.25, 0.3) is 5.91 Å². The van der Waals surface area contributed by atoms with Crippen LogP contribution in [0.15, 0.2) is 54.2 Å². The number of hydrogen-bond donors (Lipinski definition) is 0. The highest BCUT2D eigenvalue weighted by atomic mass is 32.1. The van der Waals surface area contributed by atoms with Gasteiger partial charge in [-0.05, 0) is 29.7 Å². The Kier molecular flexibility index (Phi) is 7.56. The number of likely N-dealkylation sites (tertiary alicyclic amines) is 2. The average Bonchev–Trinajstić information content (AvgIpc) is 3.52. The van der Waals surface area contributed by atoms with Crippen LogP contribution in [-0.2, 0) is 17.5 Å². The van der Waals surface area contributed by atoms with E-state index in [1.807, 2.05) is 17.0 Å². The first-order chi connectivity index (χ1) is 18.4. The van der Waals surface area contributed by atoms with Crippen LogP contribution in [0, 0.1) is 16.7 Å². The Bertz CT molecular complexity index is 1280. The highest BCUT2D eigenvalue weighted by molar-refractivity contribution is 7.11. The van der Waals surface area contributed by atoms with Crippen LogP contribution in [0.5, 0.6) is 0 Å². The number of thiazole rings is 1. The molecule has 2 aliphatic heterocycles. The molecule has 1 amide bonds. The van der Waals surface area contributed by atoms with Crippen molar-refractivity contribution < 1.29 is 22.7 Å². The molecule has 1 aromatic carbocycles. The summed E-state index contributed by atoms with van der Waals surface area (Å²) in [6.07, 6.45) is -2.74. The highest BCUT2D eigenvalue weighted by Gasteiger charge is 2.55. The van der Waals surface area contributed by atoms with Crippen molar-refractivity contribution in [3.8, 4) is 11.3 Å². The largest absolute Gasteiger partial charge is 0.416 e. The van der Waals surface area contributed by atoms with Gasteiger partial charge in [0.1, 0.15) is 4.88 Å². The molecule has 39 heavy (non-hydrogen) atoms. The first kappa shape index (κ1) is 27.7. The molecule has 0 saturated carbocycles. The molecule has 2 aromatic heterocycles. The third kappa shape index (κ3) is 6.34. The minimum absolute atomic E-state index is 0.00110. The highest BCUT2D eigenvalue weighted by Crippen LogP contribution is 2.45. The lowest BCUT2D eigenvalue weighted by atomic mass is 9.71. The van der Waals surface area contributed by atoms with E-state index in [9.17, 15) is 18.0 Å². The summed E-state index contributed by atoms with van der Waals surface area (Å²) < 4.78 is 44.9. The van der Waals surface area contributed by atoms with E-state index in [4.69, 9.17) is 4.74 Å². The Labute approximate surface area is 230 Å². The second-order valence-electron chi connectivity index (χ2n) is 11.9. The summed E-state index contributed by atoms with van der Waals surface area (Å²) in [4.78, 5) is 26.8. The number of hydrogen-bond acceptors (Lipinski definition) is 6. The number of carbonyl (C=O) groups is 1. The Balaban J connectivity index is 1.23. The minimum atomic E-state index is -4.37. The van der Waals surface area contributed by atoms with Gasteiger partial charge in [0.15, 0.2) is 0 Å². The summed E-state index contributed by atoms with van der Waals surface area (Å²) in [7, 11) is 0. The van der Waals surface area contributed by atoms with E-state index in [0.717, 1.165) is 31.8 Å². The molecule has 208 valence electrons. The van der Waals surface area contributed by atoms with Gasteiger partial charge in [0, 0.05) is 49.6 Å². The molecule has 0 radical (unpaired) electrons. The molecule has 0 N–H and O–H groups in total. The van der Waals surface area contributed by atoms with E-state index < -0.39 is 11.7 Å². The molecule has 0 unspecified atom stereocenters. The molecule has 0 bridgehead atoms. The normalized spacial score (nSPS) is 19.4. The monoisotopic (exact) mass is 558 g/mol. The Hall–Kier alpha value is -2.82. The summed E-state index contributed by atoms with van der Waals surface area (Å²) in [6.45, 7) is 11.7. The first-order valence-corrected chi connectivity index (χ1v) is 13.9. The quantitative estimate of drug-likeness (QED) is 0.364. The maximum atomic E-state index is 13.1. The maximum Gasteiger partial charge on any atom is 0.416 e. The predicted molar refractivity (Wildman–Crippen MR) is 144 cm³/mol. The lowest BCUT2D eigenvalue weighted by Crippen LogP contribution is -2.62. The van der Waals surface area contributed by atoms with Gasteiger partial charge in [-0.15, -0.1) is 11.3 Å². The van der Waals surface area contributed by atoms with Crippen LogP contribution in [0.4, 0.5) is 13.2 Å². The van der Waals surface area contributed by atoms with Crippen molar-refractivity contribution in [1.29, 1.82) is 0 Å². The van der Waals surface area contributed by atoms with Gasteiger partial charge in [-0.2, -0.15) is 13.2 Å². The van der Waals surface area contributed by atoms with Gasteiger partial charge in [0.05, 0.1) is 41.9 Å². The van der Waals surface area contributed by atoms with E-state index >= 15 is 0 Å². The SMILES string of the molecule is CC(C)(C)CN1CC2(C1)CN(C(=O)c1cncs1)C[C@H]2COCc1cccc(-c2ccc(C(F)(F)F)cc2)n1. The molecule has 5 rings (SSSR count). The molecule has 2 aliphatic rings. The molecular weight excluding hydrogens is 525 g/mol. The van der Waals surface area contributed by atoms with Crippen LogP contribution < -0.4 is 0 Å². The van der Waals surface area contributed by atoms with Crippen LogP contribution in [0.3, 0.4) is 0 Å². The smallest absolute Gasteiger partial charge is 0.375 e. The van der Waals surface area contributed by atoms with Crippen LogP contribution in [0.25, 0.3) is 11.3 Å². The first-order valence-electron chi connectivity index (χ1n) is 13.0. The number of carbonyl (C=O) groups excluding carboxylic acids is 1. The van der Waals surface area contributed by atoms with E-state index in [2.05, 4.69) is 35.6 Å². The fourth-order valence-corrected chi connectivity index (χ4v) is 6.32. The number of aromatic nitrogens is 2. The number of alkyl halides is 3. The molecule has 1 spiro atoms. The second-order valence-corrected chi connectivity index (χ2v) is 12.8. The third-order valence-corrected chi connectivity index (χ3v) is 8.16.